The van der Waals surface area contributed by atoms with Gasteiger partial charge < -0.3 is 5.73 Å². The highest BCUT2D eigenvalue weighted by Gasteiger charge is 2.35. The van der Waals surface area contributed by atoms with Crippen molar-refractivity contribution in [2.75, 3.05) is 0 Å². The van der Waals surface area contributed by atoms with Gasteiger partial charge in [-0.15, -0.1) is 0 Å². The number of carbonyl (C=O) groups excluding carboxylic acids is 3. The summed E-state index contributed by atoms with van der Waals surface area (Å²) in [7, 11) is -4.67. The van der Waals surface area contributed by atoms with Gasteiger partial charge in [0.15, 0.2) is 11.6 Å². The zero-order valence-corrected chi connectivity index (χ0v) is 15.1. The topological polar surface area (TPSA) is 152 Å². The molecule has 1 aromatic carbocycles. The van der Waals surface area contributed by atoms with Crippen molar-refractivity contribution in [3.05, 3.63) is 82.0 Å². The molecule has 28 heavy (non-hydrogen) atoms. The highest BCUT2D eigenvalue weighted by molar-refractivity contribution is 7.79. The SMILES string of the molecule is NC(=O)C1=CC=C2C=C3Cc4ccccc4C(=O)C3=CC2C1=O.O=S(=O)(O)O. The first-order valence-corrected chi connectivity index (χ1v) is 9.47. The maximum absolute atomic E-state index is 12.7. The normalized spacial score (nSPS) is 20.1. The Morgan fingerprint density at radius 2 is 1.75 bits per heavy atom. The maximum Gasteiger partial charge on any atom is 0.394 e. The molecule has 8 nitrogen and oxygen atoms in total. The second-order valence-electron chi connectivity index (χ2n) is 6.31. The van der Waals surface area contributed by atoms with Crippen LogP contribution in [0.3, 0.4) is 0 Å². The van der Waals surface area contributed by atoms with E-state index in [1.165, 1.54) is 6.08 Å². The molecule has 0 saturated heterocycles. The summed E-state index contributed by atoms with van der Waals surface area (Å²) >= 11 is 0. The van der Waals surface area contributed by atoms with Gasteiger partial charge in [-0.1, -0.05) is 42.5 Å². The molecule has 0 heterocycles. The van der Waals surface area contributed by atoms with Crippen LogP contribution in [0, 0.1) is 5.92 Å². The molecule has 4 rings (SSSR count). The van der Waals surface area contributed by atoms with Crippen LogP contribution < -0.4 is 5.73 Å². The predicted octanol–water partition coefficient (Wildman–Crippen LogP) is 1.18. The molecule has 0 saturated carbocycles. The molecule has 1 amide bonds. The van der Waals surface area contributed by atoms with Crippen LogP contribution in [-0.4, -0.2) is 35.0 Å². The molecule has 0 bridgehead atoms. The van der Waals surface area contributed by atoms with Crippen molar-refractivity contribution in [2.45, 2.75) is 6.42 Å². The van der Waals surface area contributed by atoms with Gasteiger partial charge in [0.25, 0.3) is 5.91 Å². The van der Waals surface area contributed by atoms with Crippen LogP contribution in [0.15, 0.2) is 70.9 Å². The van der Waals surface area contributed by atoms with Crippen molar-refractivity contribution in [3.63, 3.8) is 0 Å². The summed E-state index contributed by atoms with van der Waals surface area (Å²) in [6, 6.07) is 7.50. The van der Waals surface area contributed by atoms with E-state index in [0.29, 0.717) is 17.6 Å². The molecule has 1 atom stereocenters. The van der Waals surface area contributed by atoms with Crippen molar-refractivity contribution in [3.8, 4) is 0 Å². The minimum Gasteiger partial charge on any atom is -0.365 e. The summed E-state index contributed by atoms with van der Waals surface area (Å²) in [5, 5.41) is 0. The highest BCUT2D eigenvalue weighted by Crippen LogP contribution is 2.38. The average molecular weight is 401 g/mol. The fourth-order valence-electron chi connectivity index (χ4n) is 3.36. The lowest BCUT2D eigenvalue weighted by Gasteiger charge is -2.28. The number of allylic oxidation sites excluding steroid dienone is 7. The van der Waals surface area contributed by atoms with Crippen LogP contribution in [0.2, 0.25) is 0 Å². The highest BCUT2D eigenvalue weighted by atomic mass is 32.3. The molecule has 0 aliphatic heterocycles. The van der Waals surface area contributed by atoms with Crippen molar-refractivity contribution in [1.29, 1.82) is 0 Å². The van der Waals surface area contributed by atoms with Crippen LogP contribution in [0.5, 0.6) is 0 Å². The van der Waals surface area contributed by atoms with E-state index < -0.39 is 22.2 Å². The number of nitrogens with two attached hydrogens (primary N) is 1. The van der Waals surface area contributed by atoms with Crippen LogP contribution >= 0.6 is 0 Å². The van der Waals surface area contributed by atoms with E-state index in [9.17, 15) is 14.4 Å². The zero-order chi connectivity index (χ0) is 20.6. The lowest BCUT2D eigenvalue weighted by atomic mass is 9.73. The van der Waals surface area contributed by atoms with Gasteiger partial charge >= 0.3 is 10.4 Å². The number of carbonyl (C=O) groups is 3. The van der Waals surface area contributed by atoms with E-state index in [-0.39, 0.29) is 17.1 Å². The fourth-order valence-corrected chi connectivity index (χ4v) is 3.36. The largest absolute Gasteiger partial charge is 0.394 e. The predicted molar refractivity (Wildman–Crippen MR) is 98.7 cm³/mol. The minimum atomic E-state index is -4.67. The third kappa shape index (κ3) is 3.91. The van der Waals surface area contributed by atoms with Crippen LogP contribution in [0.4, 0.5) is 0 Å². The Kier molecular flexibility index (Phi) is 4.99. The summed E-state index contributed by atoms with van der Waals surface area (Å²) in [4.78, 5) is 36.5. The van der Waals surface area contributed by atoms with E-state index in [4.69, 9.17) is 23.3 Å². The van der Waals surface area contributed by atoms with Gasteiger partial charge in [0, 0.05) is 11.1 Å². The molecule has 3 aliphatic rings. The number of amides is 1. The first-order valence-electron chi connectivity index (χ1n) is 8.07. The van der Waals surface area contributed by atoms with Crippen molar-refractivity contribution < 1.29 is 31.9 Å². The second-order valence-corrected chi connectivity index (χ2v) is 7.21. The number of rotatable bonds is 1. The molecular formula is C19H15NO7S. The number of benzene rings is 1. The smallest absolute Gasteiger partial charge is 0.365 e. The Balaban J connectivity index is 0.000000403. The van der Waals surface area contributed by atoms with E-state index in [1.54, 1.807) is 18.2 Å². The third-order valence-corrected chi connectivity index (χ3v) is 4.52. The lowest BCUT2D eigenvalue weighted by Crippen LogP contribution is -2.31. The molecule has 144 valence electrons. The summed E-state index contributed by atoms with van der Waals surface area (Å²) in [5.41, 5.74) is 9.17. The van der Waals surface area contributed by atoms with Crippen molar-refractivity contribution in [2.24, 2.45) is 11.7 Å². The molecule has 3 aliphatic carbocycles. The van der Waals surface area contributed by atoms with Crippen LogP contribution in [0.25, 0.3) is 0 Å². The van der Waals surface area contributed by atoms with Gasteiger partial charge in [-0.2, -0.15) is 8.42 Å². The van der Waals surface area contributed by atoms with Gasteiger partial charge in [-0.05, 0) is 29.2 Å². The first-order chi connectivity index (χ1) is 13.1. The van der Waals surface area contributed by atoms with E-state index in [0.717, 1.165) is 16.7 Å². The number of primary amides is 1. The number of ketones is 2. The molecule has 1 aromatic rings. The fraction of sp³-hybridized carbons (Fsp3) is 0.105. The second kappa shape index (κ2) is 7.12. The Hall–Kier alpha value is -3.14. The average Bonchev–Trinajstić information content (AvgIpc) is 2.59. The molecular weight excluding hydrogens is 386 g/mol. The van der Waals surface area contributed by atoms with Gasteiger partial charge in [0.1, 0.15) is 0 Å². The Morgan fingerprint density at radius 1 is 1.11 bits per heavy atom. The summed E-state index contributed by atoms with van der Waals surface area (Å²) in [5.74, 6) is -1.75. The standard InChI is InChI=1S/C19H13NO3.H2O4S/c20-19(23)14-6-5-11-8-12-7-10-3-1-2-4-13(10)17(21)16(12)9-15(11)18(14)22;1-5(2,3)4/h1-6,8-9,15H,7H2,(H2,20,23);(H2,1,2,3,4). The number of Topliss-reactive ketones (excluding diaryl/α,β-unsaturated/α-hetero) is 2. The molecule has 4 N–H and O–H groups in total. The Morgan fingerprint density at radius 3 is 2.39 bits per heavy atom. The minimum absolute atomic E-state index is 0.0175. The molecule has 1 unspecified atom stereocenters. The van der Waals surface area contributed by atoms with Crippen molar-refractivity contribution in [1.82, 2.24) is 0 Å². The Labute approximate surface area is 160 Å². The number of fused-ring (bicyclic) bond motifs is 3. The lowest BCUT2D eigenvalue weighted by molar-refractivity contribution is -0.121. The van der Waals surface area contributed by atoms with E-state index >= 15 is 0 Å². The zero-order valence-electron chi connectivity index (χ0n) is 14.3. The van der Waals surface area contributed by atoms with E-state index in [2.05, 4.69) is 0 Å². The number of hydrogen-bond donors (Lipinski definition) is 3. The van der Waals surface area contributed by atoms with Crippen LogP contribution in [-0.2, 0) is 26.4 Å². The summed E-state index contributed by atoms with van der Waals surface area (Å²) < 4.78 is 31.6. The van der Waals surface area contributed by atoms with E-state index in [1.807, 2.05) is 24.3 Å². The van der Waals surface area contributed by atoms with Crippen LogP contribution in [0.1, 0.15) is 15.9 Å². The first kappa shape index (κ1) is 19.6. The third-order valence-electron chi connectivity index (χ3n) is 4.52. The molecule has 0 aromatic heterocycles. The van der Waals surface area contributed by atoms with Crippen molar-refractivity contribution >= 4 is 27.9 Å². The molecule has 0 radical (unpaired) electrons. The van der Waals surface area contributed by atoms with Gasteiger partial charge in [0.05, 0.1) is 11.5 Å². The van der Waals surface area contributed by atoms with Gasteiger partial charge in [-0.3, -0.25) is 23.5 Å². The monoisotopic (exact) mass is 401 g/mol. The molecule has 0 fully saturated rings. The summed E-state index contributed by atoms with van der Waals surface area (Å²) in [6.45, 7) is 0. The van der Waals surface area contributed by atoms with Gasteiger partial charge in [-0.25, -0.2) is 0 Å². The summed E-state index contributed by atoms with van der Waals surface area (Å²) in [6.07, 6.45) is 7.43. The van der Waals surface area contributed by atoms with Gasteiger partial charge in [0.2, 0.25) is 0 Å². The number of hydrogen-bond acceptors (Lipinski definition) is 5. The molecule has 9 heteroatoms. The molecule has 0 spiro atoms. The quantitative estimate of drug-likeness (QED) is 0.472. The Bertz CT molecular complexity index is 1130. The maximum atomic E-state index is 12.7.